The maximum atomic E-state index is 11.9. The monoisotopic (exact) mass is 469 g/mol. The van der Waals surface area contributed by atoms with Gasteiger partial charge in [0.05, 0.1) is 18.0 Å². The maximum absolute atomic E-state index is 11.9. The normalized spacial score (nSPS) is 13.4. The summed E-state index contributed by atoms with van der Waals surface area (Å²) in [5, 5.41) is 7.32. The molecule has 6 N–H and O–H groups in total. The van der Waals surface area contributed by atoms with Crippen LogP contribution >= 0.6 is 11.3 Å². The van der Waals surface area contributed by atoms with Crippen LogP contribution in [0, 0.1) is 0 Å². The molecule has 0 aliphatic heterocycles. The van der Waals surface area contributed by atoms with Gasteiger partial charge in [-0.25, -0.2) is 14.8 Å². The molecule has 0 bridgehead atoms. The lowest BCUT2D eigenvalue weighted by Gasteiger charge is -2.13. The smallest absolute Gasteiger partial charge is 0.357 e. The van der Waals surface area contributed by atoms with Crippen LogP contribution in [0.1, 0.15) is 28.5 Å². The summed E-state index contributed by atoms with van der Waals surface area (Å²) in [4.78, 5) is 21.0. The second-order valence-corrected chi connectivity index (χ2v) is 8.51. The van der Waals surface area contributed by atoms with Crippen molar-refractivity contribution >= 4 is 45.3 Å². The summed E-state index contributed by atoms with van der Waals surface area (Å²) in [7, 11) is 0. The maximum Gasteiger partial charge on any atom is 0.357 e. The fourth-order valence-corrected chi connectivity index (χ4v) is 3.92. The minimum absolute atomic E-state index is 0.176. The first-order valence-electron chi connectivity index (χ1n) is 9.65. The number of amidine groups is 1. The number of thiazole rings is 1. The molecule has 0 spiro atoms. The number of benzene rings is 2. The van der Waals surface area contributed by atoms with Gasteiger partial charge in [0.1, 0.15) is 5.84 Å². The Hall–Kier alpha value is -3.18. The van der Waals surface area contributed by atoms with E-state index < -0.39 is 17.3 Å². The molecule has 0 aliphatic rings. The van der Waals surface area contributed by atoms with Crippen LogP contribution in [-0.4, -0.2) is 27.9 Å². The van der Waals surface area contributed by atoms with Gasteiger partial charge < -0.3 is 20.8 Å². The molecule has 32 heavy (non-hydrogen) atoms. The fraction of sp³-hybridized carbons (Fsp3) is 0.136. The second kappa shape index (κ2) is 10.9. The molecule has 8 nitrogen and oxygen atoms in total. The fourth-order valence-electron chi connectivity index (χ4n) is 2.85. The summed E-state index contributed by atoms with van der Waals surface area (Å²) >= 11 is -0.379. The number of hydrogen-bond acceptors (Lipinski definition) is 8. The highest BCUT2D eigenvalue weighted by Gasteiger charge is 2.15. The third-order valence-corrected chi connectivity index (χ3v) is 5.92. The summed E-state index contributed by atoms with van der Waals surface area (Å²) in [6, 6.07) is 16.4. The van der Waals surface area contributed by atoms with Crippen molar-refractivity contribution < 1.29 is 14.1 Å². The van der Waals surface area contributed by atoms with Crippen molar-refractivity contribution in [2.24, 2.45) is 21.6 Å². The van der Waals surface area contributed by atoms with Gasteiger partial charge in [0.15, 0.2) is 10.6 Å². The second-order valence-electron chi connectivity index (χ2n) is 6.61. The van der Waals surface area contributed by atoms with Gasteiger partial charge >= 0.3 is 5.97 Å². The predicted octanol–water partition coefficient (Wildman–Crippen LogP) is 2.90. The van der Waals surface area contributed by atoms with Crippen LogP contribution in [0.25, 0.3) is 5.70 Å². The minimum atomic E-state index is -1.56. The summed E-state index contributed by atoms with van der Waals surface area (Å²) in [5.74, 6) is -0.330. The number of esters is 1. The Morgan fingerprint density at radius 3 is 2.47 bits per heavy atom. The van der Waals surface area contributed by atoms with E-state index in [1.807, 2.05) is 42.5 Å². The van der Waals surface area contributed by atoms with E-state index in [-0.39, 0.29) is 18.1 Å². The van der Waals surface area contributed by atoms with Gasteiger partial charge in [-0.15, -0.1) is 16.5 Å². The van der Waals surface area contributed by atoms with Gasteiger partial charge in [-0.05, 0) is 30.2 Å². The highest BCUT2D eigenvalue weighted by molar-refractivity contribution is 7.89. The summed E-state index contributed by atoms with van der Waals surface area (Å²) in [5.41, 5.74) is 15.8. The lowest BCUT2D eigenvalue weighted by molar-refractivity contribution is 0.0520. The van der Waals surface area contributed by atoms with Gasteiger partial charge in [-0.3, -0.25) is 0 Å². The minimum Gasteiger partial charge on any atom is -0.593 e. The van der Waals surface area contributed by atoms with Crippen molar-refractivity contribution in [2.45, 2.75) is 18.2 Å². The zero-order valence-electron chi connectivity index (χ0n) is 17.4. The van der Waals surface area contributed by atoms with Crippen LogP contribution in [-0.2, 0) is 22.5 Å². The molecule has 1 aromatic heterocycles. The van der Waals surface area contributed by atoms with Crippen LogP contribution in [0.5, 0.6) is 0 Å². The number of aliphatic imine (C=N–C) groups is 1. The molecular weight excluding hydrogens is 446 g/mol. The molecule has 0 radical (unpaired) electrons. The lowest BCUT2D eigenvalue weighted by atomic mass is 9.99. The molecule has 0 fully saturated rings. The van der Waals surface area contributed by atoms with Gasteiger partial charge in [0.25, 0.3) is 0 Å². The average Bonchev–Trinajstić information content (AvgIpc) is 3.26. The number of rotatable bonds is 8. The van der Waals surface area contributed by atoms with E-state index in [1.165, 1.54) is 11.3 Å². The molecule has 10 heteroatoms. The molecule has 0 saturated heterocycles. The Kier molecular flexibility index (Phi) is 8.01. The van der Waals surface area contributed by atoms with Crippen LogP contribution < -0.4 is 16.6 Å². The first-order valence-corrected chi connectivity index (χ1v) is 11.7. The third kappa shape index (κ3) is 5.95. The van der Waals surface area contributed by atoms with Crippen molar-refractivity contribution in [1.82, 2.24) is 4.98 Å². The number of carbonyl (C=O) groups excluding carboxylic acids is 1. The molecule has 0 aliphatic carbocycles. The molecule has 1 atom stereocenters. The molecule has 1 heterocycles. The van der Waals surface area contributed by atoms with Gasteiger partial charge in [-0.2, -0.15) is 0 Å². The largest absolute Gasteiger partial charge is 0.593 e. The molecule has 166 valence electrons. The topological polar surface area (TPSA) is 153 Å². The van der Waals surface area contributed by atoms with Crippen LogP contribution in [0.2, 0.25) is 0 Å². The first kappa shape index (κ1) is 23.5. The van der Waals surface area contributed by atoms with Crippen LogP contribution in [0.15, 0.2) is 75.4 Å². The van der Waals surface area contributed by atoms with E-state index in [0.717, 1.165) is 11.1 Å². The van der Waals surface area contributed by atoms with Gasteiger partial charge in [0.2, 0.25) is 5.13 Å². The van der Waals surface area contributed by atoms with Crippen molar-refractivity contribution in [3.63, 3.8) is 0 Å². The van der Waals surface area contributed by atoms with Crippen LogP contribution in [0.4, 0.5) is 5.13 Å². The molecule has 2 aromatic carbocycles. The number of carbonyl (C=O) groups is 1. The Balaban J connectivity index is 1.97. The molecule has 1 unspecified atom stereocenters. The third-order valence-electron chi connectivity index (χ3n) is 4.45. The van der Waals surface area contributed by atoms with Gasteiger partial charge in [0, 0.05) is 23.1 Å². The van der Waals surface area contributed by atoms with E-state index in [2.05, 4.69) is 9.98 Å². The zero-order valence-corrected chi connectivity index (χ0v) is 19.0. The highest BCUT2D eigenvalue weighted by Crippen LogP contribution is 2.23. The summed E-state index contributed by atoms with van der Waals surface area (Å²) in [6.45, 7) is 1.98. The average molecular weight is 470 g/mol. The quantitative estimate of drug-likeness (QED) is 0.198. The van der Waals surface area contributed by atoms with E-state index in [4.69, 9.17) is 21.3 Å². The van der Waals surface area contributed by atoms with Crippen molar-refractivity contribution in [2.75, 3.05) is 6.61 Å². The Labute approximate surface area is 193 Å². The highest BCUT2D eigenvalue weighted by atomic mass is 32.2. The zero-order chi connectivity index (χ0) is 23.1. The number of nitrogens with two attached hydrogens (primary N) is 3. The number of aromatic nitrogens is 1. The number of ether oxygens (including phenoxy) is 1. The van der Waals surface area contributed by atoms with E-state index in [0.29, 0.717) is 27.7 Å². The van der Waals surface area contributed by atoms with E-state index in [9.17, 15) is 9.35 Å². The first-order chi connectivity index (χ1) is 15.4. The van der Waals surface area contributed by atoms with Gasteiger partial charge in [-0.1, -0.05) is 42.5 Å². The number of nitrogens with zero attached hydrogens (tertiary/aromatic N) is 2. The van der Waals surface area contributed by atoms with Crippen molar-refractivity contribution in [1.29, 1.82) is 0 Å². The summed E-state index contributed by atoms with van der Waals surface area (Å²) < 4.78 is 16.4. The molecule has 0 saturated carbocycles. The number of hydrogen-bond donors (Lipinski definition) is 3. The molecular formula is C22H23N5O3S2. The standard InChI is InChI=1S/C22H23N5O3S2/c1-2-30-21(28)18-13-31-22(26-18)27-20(24)17(19(23)15-6-4-3-5-7-15)12-14-8-10-16(11-9-14)32(25)29/h3-11,13H,2,12,23,25H2,1H3,(H2,24,26,27). The molecule has 0 amide bonds. The Morgan fingerprint density at radius 2 is 1.84 bits per heavy atom. The van der Waals surface area contributed by atoms with E-state index >= 15 is 0 Å². The van der Waals surface area contributed by atoms with Crippen LogP contribution in [0.3, 0.4) is 0 Å². The molecule has 3 rings (SSSR count). The lowest BCUT2D eigenvalue weighted by Crippen LogP contribution is -2.20. The Morgan fingerprint density at radius 1 is 1.16 bits per heavy atom. The summed E-state index contributed by atoms with van der Waals surface area (Å²) in [6.07, 6.45) is 0.379. The van der Waals surface area contributed by atoms with Crippen molar-refractivity contribution in [3.05, 3.63) is 82.4 Å². The van der Waals surface area contributed by atoms with E-state index in [1.54, 1.807) is 24.4 Å². The SMILES string of the molecule is CCOC(=O)c1csc(N=C(N)C(Cc2ccc([S+](N)[O-])cc2)=C(N)c2ccccc2)n1. The predicted molar refractivity (Wildman–Crippen MR) is 128 cm³/mol. The van der Waals surface area contributed by atoms with Crippen molar-refractivity contribution in [3.8, 4) is 0 Å². The Bertz CT molecular complexity index is 1130. The molecule has 3 aromatic rings.